The van der Waals surface area contributed by atoms with E-state index in [0.29, 0.717) is 0 Å². The summed E-state index contributed by atoms with van der Waals surface area (Å²) in [6, 6.07) is 8.04. The van der Waals surface area contributed by atoms with E-state index in [1.165, 1.54) is 0 Å². The molecule has 2 heterocycles. The molecule has 0 spiro atoms. The molecule has 5 heteroatoms. The average Bonchev–Trinajstić information content (AvgIpc) is 3.07. The minimum atomic E-state index is 0. The summed E-state index contributed by atoms with van der Waals surface area (Å²) in [5.41, 5.74) is 4.44. The summed E-state index contributed by atoms with van der Waals surface area (Å²) in [5.74, 6) is 0. The molecule has 0 amide bonds. The summed E-state index contributed by atoms with van der Waals surface area (Å²) in [7, 11) is 3.61. The van der Waals surface area contributed by atoms with Crippen molar-refractivity contribution in [2.24, 2.45) is 0 Å². The first-order valence-electron chi connectivity index (χ1n) is 7.66. The van der Waals surface area contributed by atoms with Gasteiger partial charge in [0.05, 0.1) is 0 Å². The molecule has 0 bridgehead atoms. The maximum atomic E-state index is 4.11. The van der Waals surface area contributed by atoms with Crippen LogP contribution in [-0.2, 0) is 25.8 Å². The Labute approximate surface area is 162 Å². The third kappa shape index (κ3) is 21.4. The molecule has 0 N–H and O–H groups in total. The Morgan fingerprint density at radius 2 is 1.09 bits per heavy atom. The number of hydrogen-bond acceptors (Lipinski definition) is 2. The third-order valence-corrected chi connectivity index (χ3v) is 2.47. The van der Waals surface area contributed by atoms with E-state index in [2.05, 4.69) is 20.6 Å². The summed E-state index contributed by atoms with van der Waals surface area (Å²) >= 11 is 0. The van der Waals surface area contributed by atoms with Crippen molar-refractivity contribution in [2.75, 3.05) is 27.2 Å². The molecule has 0 unspecified atom stereocenters. The molecule has 0 aliphatic carbocycles. The minimum Gasteiger partial charge on any atom is -0.665 e. The largest absolute Gasteiger partial charge is 4.00 e. The van der Waals surface area contributed by atoms with Crippen LogP contribution < -0.4 is 0 Å². The first-order valence-corrected chi connectivity index (χ1v) is 7.66. The molecule has 0 saturated carbocycles. The third-order valence-electron chi connectivity index (χ3n) is 2.47. The zero-order chi connectivity index (χ0) is 17.4. The summed E-state index contributed by atoms with van der Waals surface area (Å²) in [4.78, 5) is 8.22. The Morgan fingerprint density at radius 1 is 0.826 bits per heavy atom. The Kier molecular flexibility index (Phi) is 22.9. The van der Waals surface area contributed by atoms with E-state index in [0.717, 1.165) is 35.9 Å². The van der Waals surface area contributed by atoms with Gasteiger partial charge in [-0.15, -0.1) is 11.4 Å². The molecule has 2 rings (SSSR count). The molecule has 0 fully saturated rings. The van der Waals surface area contributed by atoms with Crippen LogP contribution in [0.15, 0.2) is 24.3 Å². The van der Waals surface area contributed by atoms with Crippen molar-refractivity contribution < 1.29 is 25.8 Å². The quantitative estimate of drug-likeness (QED) is 0.454. The van der Waals surface area contributed by atoms with Crippen molar-refractivity contribution >= 4 is 0 Å². The molecule has 0 aliphatic rings. The number of aromatic nitrogens is 2. The van der Waals surface area contributed by atoms with Crippen molar-refractivity contribution in [1.29, 1.82) is 0 Å². The molecule has 4 nitrogen and oxygen atoms in total. The number of rotatable bonds is 2. The van der Waals surface area contributed by atoms with E-state index in [4.69, 9.17) is 0 Å². The van der Waals surface area contributed by atoms with Gasteiger partial charge in [0.15, 0.2) is 0 Å². The van der Waals surface area contributed by atoms with Crippen LogP contribution in [0.3, 0.4) is 0 Å². The predicted molar refractivity (Wildman–Crippen MR) is 98.3 cm³/mol. The van der Waals surface area contributed by atoms with Crippen LogP contribution in [-0.4, -0.2) is 37.2 Å². The first-order chi connectivity index (χ1) is 10.4. The van der Waals surface area contributed by atoms with Crippen LogP contribution in [0.5, 0.6) is 0 Å². The fourth-order valence-corrected chi connectivity index (χ4v) is 1.19. The number of hydrogen-bond donors (Lipinski definition) is 0. The van der Waals surface area contributed by atoms with Gasteiger partial charge < -0.3 is 20.6 Å². The maximum absolute atomic E-state index is 4.11. The average molecular weight is 483 g/mol. The monoisotopic (exact) mass is 484 g/mol. The fraction of sp³-hybridized carbons (Fsp3) is 0.556. The molecule has 2 aromatic rings. The molecule has 0 saturated heterocycles. The molecule has 0 aromatic carbocycles. The normalized spacial score (nSPS) is 8.35. The molecule has 0 radical (unpaired) electrons. The Morgan fingerprint density at radius 3 is 1.13 bits per heavy atom. The van der Waals surface area contributed by atoms with Crippen molar-refractivity contribution in [3.63, 3.8) is 0 Å². The molecular formula is C18H32HfN4. The standard InChI is InChI=1S/2C6H8N.2C3H8N.Hf/c2*1-5-3-4-6(2)7-5;2*1-3-4-2;/h2*3-4H,1-2H3;2*3H2,1-2H3;/q4*-1;+4. The summed E-state index contributed by atoms with van der Waals surface area (Å²) in [6.07, 6.45) is 0. The number of nitrogens with zero attached hydrogens (tertiary/aromatic N) is 4. The van der Waals surface area contributed by atoms with E-state index >= 15 is 0 Å². The van der Waals surface area contributed by atoms with Gasteiger partial charge in [-0.3, -0.25) is 0 Å². The van der Waals surface area contributed by atoms with Crippen molar-refractivity contribution in [3.8, 4) is 0 Å². The molecule has 2 aromatic heterocycles. The van der Waals surface area contributed by atoms with E-state index < -0.39 is 0 Å². The summed E-state index contributed by atoms with van der Waals surface area (Å²) in [5, 5.41) is 7.47. The molecule has 0 atom stereocenters. The van der Waals surface area contributed by atoms with Crippen LogP contribution in [0.4, 0.5) is 0 Å². The summed E-state index contributed by atoms with van der Waals surface area (Å²) in [6.45, 7) is 13.9. The van der Waals surface area contributed by atoms with Gasteiger partial charge in [-0.05, 0) is 0 Å². The van der Waals surface area contributed by atoms with E-state index in [-0.39, 0.29) is 25.8 Å². The zero-order valence-electron chi connectivity index (χ0n) is 16.0. The molecule has 0 aliphatic heterocycles. The van der Waals surface area contributed by atoms with Crippen LogP contribution in [0.25, 0.3) is 10.6 Å². The second-order valence-corrected chi connectivity index (χ2v) is 4.72. The van der Waals surface area contributed by atoms with Crippen molar-refractivity contribution in [2.45, 2.75) is 41.5 Å². The minimum absolute atomic E-state index is 0. The molecule has 23 heavy (non-hydrogen) atoms. The van der Waals surface area contributed by atoms with Crippen molar-refractivity contribution in [1.82, 2.24) is 9.97 Å². The maximum Gasteiger partial charge on any atom is 4.00 e. The molecule has 128 valence electrons. The van der Waals surface area contributed by atoms with Gasteiger partial charge in [-0.2, -0.15) is 51.5 Å². The van der Waals surface area contributed by atoms with Gasteiger partial charge in [0.2, 0.25) is 0 Å². The first kappa shape index (κ1) is 27.2. The summed E-state index contributed by atoms with van der Waals surface area (Å²) < 4.78 is 0. The smallest absolute Gasteiger partial charge is 0.665 e. The van der Waals surface area contributed by atoms with E-state index in [1.807, 2.05) is 65.8 Å². The van der Waals surface area contributed by atoms with Crippen LogP contribution in [0, 0.1) is 27.7 Å². The fourth-order valence-electron chi connectivity index (χ4n) is 1.19. The zero-order valence-corrected chi connectivity index (χ0v) is 19.6. The topological polar surface area (TPSA) is 54.0 Å². The SMILES string of the molecule is CC[N-]C.CC[N-]C.Cc1cc[c-](C)n1.Cc1cc[c-](C)n1.[Hf+4]. The second kappa shape index (κ2) is 19.4. The Hall–Kier alpha value is -0.650. The van der Waals surface area contributed by atoms with Gasteiger partial charge in [0.1, 0.15) is 0 Å². The predicted octanol–water partition coefficient (Wildman–Crippen LogP) is 4.85. The van der Waals surface area contributed by atoms with Gasteiger partial charge in [-0.25, -0.2) is 0 Å². The van der Waals surface area contributed by atoms with Crippen LogP contribution >= 0.6 is 0 Å². The molecular weight excluding hydrogens is 451 g/mol. The Balaban J connectivity index is -0.000000238. The van der Waals surface area contributed by atoms with Gasteiger partial charge in [-0.1, -0.05) is 52.9 Å². The number of aryl methyl sites for hydroxylation is 4. The van der Waals surface area contributed by atoms with Gasteiger partial charge in [0, 0.05) is 0 Å². The second-order valence-electron chi connectivity index (χ2n) is 4.72. The Bertz CT molecular complexity index is 370. The van der Waals surface area contributed by atoms with Crippen LogP contribution in [0.1, 0.15) is 36.6 Å². The van der Waals surface area contributed by atoms with E-state index in [1.54, 1.807) is 14.1 Å². The van der Waals surface area contributed by atoms with Crippen LogP contribution in [0.2, 0.25) is 0 Å². The van der Waals surface area contributed by atoms with E-state index in [9.17, 15) is 0 Å². The van der Waals surface area contributed by atoms with Gasteiger partial charge >= 0.3 is 25.8 Å². The van der Waals surface area contributed by atoms with Crippen molar-refractivity contribution in [3.05, 3.63) is 57.7 Å². The van der Waals surface area contributed by atoms with Gasteiger partial charge in [0.25, 0.3) is 0 Å².